The molecular weight excluding hydrogens is 344 g/mol. The third-order valence-corrected chi connectivity index (χ3v) is 4.43. The highest BCUT2D eigenvalue weighted by Crippen LogP contribution is 2.18. The van der Waals surface area contributed by atoms with Gasteiger partial charge >= 0.3 is 5.97 Å². The van der Waals surface area contributed by atoms with Crippen molar-refractivity contribution >= 4 is 23.5 Å². The molecule has 1 aromatic rings. The molecule has 2 atom stereocenters. The Morgan fingerprint density at radius 2 is 1.76 bits per heavy atom. The molecule has 0 unspecified atom stereocenters. The predicted molar refractivity (Wildman–Crippen MR) is 95.8 cm³/mol. The normalized spacial score (nSPS) is 17.7. The molecule has 1 aliphatic rings. The lowest BCUT2D eigenvalue weighted by molar-refractivity contribution is -0.165. The zero-order valence-corrected chi connectivity index (χ0v) is 15.7. The molecular formula is C18H25ClN2O4. The summed E-state index contributed by atoms with van der Waals surface area (Å²) in [6.45, 7) is 6.38. The molecule has 2 rings (SSSR count). The second-order valence-corrected chi connectivity index (χ2v) is 6.61. The van der Waals surface area contributed by atoms with Crippen molar-refractivity contribution in [2.24, 2.45) is 0 Å². The average Bonchev–Trinajstić information content (AvgIpc) is 2.61. The summed E-state index contributed by atoms with van der Waals surface area (Å²) in [6, 6.07) is 6.76. The smallest absolute Gasteiger partial charge is 0.348 e. The first-order valence-corrected chi connectivity index (χ1v) is 8.88. The highest BCUT2D eigenvalue weighted by Gasteiger charge is 2.29. The minimum Gasteiger partial charge on any atom is -0.479 e. The molecule has 1 amide bonds. The maximum Gasteiger partial charge on any atom is 0.348 e. The summed E-state index contributed by atoms with van der Waals surface area (Å²) < 4.78 is 11.0. The second kappa shape index (κ2) is 9.06. The molecule has 25 heavy (non-hydrogen) atoms. The molecule has 0 bridgehead atoms. The number of carbonyl (C=O) groups is 2. The van der Waals surface area contributed by atoms with Crippen LogP contribution in [0.25, 0.3) is 0 Å². The maximum absolute atomic E-state index is 12.4. The van der Waals surface area contributed by atoms with E-state index in [2.05, 4.69) is 4.90 Å². The van der Waals surface area contributed by atoms with Crippen molar-refractivity contribution < 1.29 is 19.1 Å². The Balaban J connectivity index is 1.89. The lowest BCUT2D eigenvalue weighted by Gasteiger charge is -2.33. The molecule has 1 aliphatic heterocycles. The molecule has 0 saturated carbocycles. The van der Waals surface area contributed by atoms with E-state index in [0.29, 0.717) is 30.3 Å². The number of rotatable bonds is 6. The SMILES string of the molecule is CC[C@@H](Oc1ccc(Cl)cc1)C(=O)O[C@@H](C)C(=O)N1CCN(C)CC1. The Morgan fingerprint density at radius 1 is 1.16 bits per heavy atom. The number of hydrogen-bond acceptors (Lipinski definition) is 5. The molecule has 0 aromatic heterocycles. The van der Waals surface area contributed by atoms with Gasteiger partial charge in [-0.2, -0.15) is 0 Å². The van der Waals surface area contributed by atoms with Crippen LogP contribution in [0.1, 0.15) is 20.3 Å². The van der Waals surface area contributed by atoms with E-state index in [4.69, 9.17) is 21.1 Å². The first-order chi connectivity index (χ1) is 11.9. The van der Waals surface area contributed by atoms with Crippen molar-refractivity contribution in [3.8, 4) is 5.75 Å². The van der Waals surface area contributed by atoms with Crippen molar-refractivity contribution in [3.05, 3.63) is 29.3 Å². The van der Waals surface area contributed by atoms with Gasteiger partial charge in [0.15, 0.2) is 12.2 Å². The summed E-state index contributed by atoms with van der Waals surface area (Å²) in [5.41, 5.74) is 0. The molecule has 7 heteroatoms. The Morgan fingerprint density at radius 3 is 2.32 bits per heavy atom. The molecule has 1 aromatic carbocycles. The fourth-order valence-electron chi connectivity index (χ4n) is 2.56. The lowest BCUT2D eigenvalue weighted by atomic mass is 10.2. The van der Waals surface area contributed by atoms with Gasteiger partial charge in [0.25, 0.3) is 5.91 Å². The van der Waals surface area contributed by atoms with Crippen LogP contribution in [-0.4, -0.2) is 67.1 Å². The molecule has 0 aliphatic carbocycles. The number of esters is 1. The monoisotopic (exact) mass is 368 g/mol. The maximum atomic E-state index is 12.4. The first kappa shape index (κ1) is 19.5. The second-order valence-electron chi connectivity index (χ2n) is 6.18. The summed E-state index contributed by atoms with van der Waals surface area (Å²) in [7, 11) is 2.02. The van der Waals surface area contributed by atoms with Gasteiger partial charge in [0.2, 0.25) is 0 Å². The number of carbonyl (C=O) groups excluding carboxylic acids is 2. The molecule has 0 N–H and O–H groups in total. The third-order valence-electron chi connectivity index (χ3n) is 4.18. The van der Waals surface area contributed by atoms with Gasteiger partial charge in [0, 0.05) is 31.2 Å². The molecule has 1 saturated heterocycles. The van der Waals surface area contributed by atoms with Crippen molar-refractivity contribution in [1.29, 1.82) is 0 Å². The number of likely N-dealkylation sites (N-methyl/N-ethyl adjacent to an activating group) is 1. The van der Waals surface area contributed by atoms with Gasteiger partial charge < -0.3 is 19.3 Å². The number of amides is 1. The Bertz CT molecular complexity index is 585. The van der Waals surface area contributed by atoms with Crippen LogP contribution in [0.4, 0.5) is 0 Å². The van der Waals surface area contributed by atoms with Crippen molar-refractivity contribution in [2.75, 3.05) is 33.2 Å². The molecule has 1 heterocycles. The van der Waals surface area contributed by atoms with Crippen LogP contribution >= 0.6 is 11.6 Å². The molecule has 0 spiro atoms. The van der Waals surface area contributed by atoms with E-state index < -0.39 is 18.2 Å². The first-order valence-electron chi connectivity index (χ1n) is 8.50. The number of nitrogens with zero attached hydrogens (tertiary/aromatic N) is 2. The van der Waals surface area contributed by atoms with E-state index >= 15 is 0 Å². The van der Waals surface area contributed by atoms with Gasteiger partial charge in [-0.25, -0.2) is 4.79 Å². The Labute approximate surface area is 153 Å². The summed E-state index contributed by atoms with van der Waals surface area (Å²) in [4.78, 5) is 28.7. The summed E-state index contributed by atoms with van der Waals surface area (Å²) in [5.74, 6) is -0.165. The topological polar surface area (TPSA) is 59.1 Å². The van der Waals surface area contributed by atoms with Crippen LogP contribution < -0.4 is 4.74 Å². The number of ether oxygens (including phenoxy) is 2. The molecule has 138 valence electrons. The number of hydrogen-bond donors (Lipinski definition) is 0. The van der Waals surface area contributed by atoms with Gasteiger partial charge in [0.05, 0.1) is 0 Å². The minimum absolute atomic E-state index is 0.164. The zero-order chi connectivity index (χ0) is 18.4. The van der Waals surface area contributed by atoms with E-state index in [0.717, 1.165) is 13.1 Å². The van der Waals surface area contributed by atoms with Gasteiger partial charge in [-0.3, -0.25) is 4.79 Å². The van der Waals surface area contributed by atoms with Crippen LogP contribution in [-0.2, 0) is 14.3 Å². The van der Waals surface area contributed by atoms with Crippen molar-refractivity contribution in [1.82, 2.24) is 9.80 Å². The van der Waals surface area contributed by atoms with Crippen LogP contribution in [0.15, 0.2) is 24.3 Å². The largest absolute Gasteiger partial charge is 0.479 e. The van der Waals surface area contributed by atoms with E-state index in [9.17, 15) is 9.59 Å². The van der Waals surface area contributed by atoms with Crippen molar-refractivity contribution in [2.45, 2.75) is 32.5 Å². The summed E-state index contributed by atoms with van der Waals surface area (Å²) in [5, 5.41) is 0.592. The number of piperazine rings is 1. The van der Waals surface area contributed by atoms with E-state index in [1.807, 2.05) is 14.0 Å². The average molecular weight is 369 g/mol. The Hall–Kier alpha value is -1.79. The van der Waals surface area contributed by atoms with Gasteiger partial charge in [-0.1, -0.05) is 18.5 Å². The van der Waals surface area contributed by atoms with E-state index in [1.165, 1.54) is 0 Å². The molecule has 1 fully saturated rings. The van der Waals surface area contributed by atoms with Gasteiger partial charge in [-0.15, -0.1) is 0 Å². The van der Waals surface area contributed by atoms with Crippen molar-refractivity contribution in [3.63, 3.8) is 0 Å². The molecule has 6 nitrogen and oxygen atoms in total. The molecule has 0 radical (unpaired) electrons. The quantitative estimate of drug-likeness (QED) is 0.720. The zero-order valence-electron chi connectivity index (χ0n) is 14.9. The van der Waals surface area contributed by atoms with E-state index in [1.54, 1.807) is 36.1 Å². The van der Waals surface area contributed by atoms with Crippen LogP contribution in [0.3, 0.4) is 0 Å². The number of benzene rings is 1. The van der Waals surface area contributed by atoms with Crippen LogP contribution in [0.2, 0.25) is 5.02 Å². The van der Waals surface area contributed by atoms with Gasteiger partial charge in [-0.05, 0) is 44.7 Å². The highest BCUT2D eigenvalue weighted by atomic mass is 35.5. The standard InChI is InChI=1S/C18H25ClN2O4/c1-4-16(25-15-7-5-14(19)6-8-15)18(23)24-13(2)17(22)21-11-9-20(3)10-12-21/h5-8,13,16H,4,9-12H2,1-3H3/t13-,16+/m0/s1. The fourth-order valence-corrected chi connectivity index (χ4v) is 2.69. The summed E-state index contributed by atoms with van der Waals surface area (Å²) in [6.07, 6.45) is -1.14. The van der Waals surface area contributed by atoms with Crippen LogP contribution in [0.5, 0.6) is 5.75 Å². The van der Waals surface area contributed by atoms with E-state index in [-0.39, 0.29) is 5.91 Å². The highest BCUT2D eigenvalue weighted by molar-refractivity contribution is 6.30. The van der Waals surface area contributed by atoms with Gasteiger partial charge in [0.1, 0.15) is 5.75 Å². The third kappa shape index (κ3) is 5.61. The lowest BCUT2D eigenvalue weighted by Crippen LogP contribution is -2.50. The fraction of sp³-hybridized carbons (Fsp3) is 0.556. The number of halogens is 1. The summed E-state index contributed by atoms with van der Waals surface area (Å²) >= 11 is 5.84. The van der Waals surface area contributed by atoms with Crippen LogP contribution in [0, 0.1) is 0 Å². The minimum atomic E-state index is -0.821. The Kier molecular flexibility index (Phi) is 7.08. The predicted octanol–water partition coefficient (Wildman–Crippen LogP) is 2.20.